The first-order chi connectivity index (χ1) is 16.4. The maximum atomic E-state index is 13.0. The third kappa shape index (κ3) is 4.57. The van der Waals surface area contributed by atoms with Gasteiger partial charge in [-0.3, -0.25) is 9.59 Å². The Kier molecular flexibility index (Phi) is 6.37. The van der Waals surface area contributed by atoms with Crippen LogP contribution in [0.3, 0.4) is 0 Å². The minimum absolute atomic E-state index is 0.0000757. The van der Waals surface area contributed by atoms with E-state index in [0.717, 1.165) is 4.47 Å². The number of ether oxygens (including phenoxy) is 1. The predicted molar refractivity (Wildman–Crippen MR) is 135 cm³/mol. The zero-order valence-corrected chi connectivity index (χ0v) is 21.0. The Hall–Kier alpha value is -2.82. The van der Waals surface area contributed by atoms with Crippen molar-refractivity contribution < 1.29 is 9.53 Å². The van der Waals surface area contributed by atoms with Crippen molar-refractivity contribution in [3.63, 3.8) is 0 Å². The molecule has 2 aromatic heterocycles. The minimum Gasteiger partial charge on any atom is -0.372 e. The van der Waals surface area contributed by atoms with Gasteiger partial charge in [-0.1, -0.05) is 58.0 Å². The molecule has 0 N–H and O–H groups in total. The first kappa shape index (κ1) is 22.9. The van der Waals surface area contributed by atoms with Crippen molar-refractivity contribution in [2.75, 3.05) is 18.8 Å². The number of benzene rings is 2. The van der Waals surface area contributed by atoms with Gasteiger partial charge in [0.05, 0.1) is 23.5 Å². The van der Waals surface area contributed by atoms with Crippen LogP contribution in [0, 0.1) is 0 Å². The molecule has 0 saturated carbocycles. The van der Waals surface area contributed by atoms with E-state index in [2.05, 4.69) is 26.0 Å². The van der Waals surface area contributed by atoms with E-state index in [9.17, 15) is 9.59 Å². The molecule has 10 heteroatoms. The standard InChI is InChI=1S/C24H22BrN5O3S/c1-14-11-29(12-15(2)33-14)20(31)13-34-24-26-19-9-8-17(25)10-18(19)22-27-23(32)21(28-30(22)24)16-6-4-3-5-7-16/h3-10,14-15H,11-13H2,1-2H3. The number of aromatic nitrogens is 4. The SMILES string of the molecule is CC1CN(C(=O)CSc2nc3ccc(Br)cc3c3nc(=O)c(-c4ccccc4)nn23)CC(C)O1. The van der Waals surface area contributed by atoms with E-state index in [-0.39, 0.29) is 29.6 Å². The lowest BCUT2D eigenvalue weighted by Gasteiger charge is -2.35. The fourth-order valence-electron chi connectivity index (χ4n) is 4.10. The zero-order valence-electron chi connectivity index (χ0n) is 18.6. The quantitative estimate of drug-likeness (QED) is 0.221. The molecular weight excluding hydrogens is 518 g/mol. The highest BCUT2D eigenvalue weighted by molar-refractivity contribution is 9.10. The summed E-state index contributed by atoms with van der Waals surface area (Å²) in [4.78, 5) is 36.8. The van der Waals surface area contributed by atoms with Gasteiger partial charge in [-0.05, 0) is 32.0 Å². The van der Waals surface area contributed by atoms with Gasteiger partial charge in [-0.2, -0.15) is 14.6 Å². The minimum atomic E-state index is -0.415. The lowest BCUT2D eigenvalue weighted by atomic mass is 10.2. The number of carbonyl (C=O) groups excluding carboxylic acids is 1. The van der Waals surface area contributed by atoms with Crippen molar-refractivity contribution in [3.8, 4) is 11.3 Å². The molecule has 2 atom stereocenters. The Balaban J connectivity index is 1.57. The third-order valence-corrected chi connectivity index (χ3v) is 6.96. The second-order valence-electron chi connectivity index (χ2n) is 8.27. The van der Waals surface area contributed by atoms with Crippen LogP contribution in [-0.2, 0) is 9.53 Å². The van der Waals surface area contributed by atoms with Crippen LogP contribution in [0.15, 0.2) is 63.0 Å². The molecule has 0 bridgehead atoms. The molecule has 34 heavy (non-hydrogen) atoms. The van der Waals surface area contributed by atoms with Crippen LogP contribution >= 0.6 is 27.7 Å². The number of fused-ring (bicyclic) bond motifs is 3. The number of hydrogen-bond donors (Lipinski definition) is 0. The lowest BCUT2D eigenvalue weighted by Crippen LogP contribution is -2.48. The molecule has 2 aromatic carbocycles. The van der Waals surface area contributed by atoms with E-state index in [0.29, 0.717) is 40.4 Å². The average Bonchev–Trinajstić information content (AvgIpc) is 2.82. The molecule has 0 radical (unpaired) electrons. The van der Waals surface area contributed by atoms with Gasteiger partial charge in [0.25, 0.3) is 5.56 Å². The Morgan fingerprint density at radius 1 is 1.12 bits per heavy atom. The van der Waals surface area contributed by atoms with Crippen molar-refractivity contribution in [1.29, 1.82) is 0 Å². The van der Waals surface area contributed by atoms with E-state index < -0.39 is 5.56 Å². The summed E-state index contributed by atoms with van der Waals surface area (Å²) >= 11 is 4.77. The van der Waals surface area contributed by atoms with Gasteiger partial charge in [0.1, 0.15) is 0 Å². The maximum Gasteiger partial charge on any atom is 0.300 e. The summed E-state index contributed by atoms with van der Waals surface area (Å²) in [6.07, 6.45) is -0.000151. The number of hydrogen-bond acceptors (Lipinski definition) is 7. The molecular formula is C24H22BrN5O3S. The Labute approximate surface area is 208 Å². The second kappa shape index (κ2) is 9.44. The Morgan fingerprint density at radius 3 is 2.59 bits per heavy atom. The van der Waals surface area contributed by atoms with E-state index >= 15 is 0 Å². The summed E-state index contributed by atoms with van der Waals surface area (Å²) in [5.74, 6) is 0.202. The second-order valence-corrected chi connectivity index (χ2v) is 10.1. The molecule has 1 saturated heterocycles. The third-order valence-electron chi connectivity index (χ3n) is 5.55. The summed E-state index contributed by atoms with van der Waals surface area (Å²) < 4.78 is 8.16. The van der Waals surface area contributed by atoms with E-state index in [1.54, 1.807) is 4.52 Å². The highest BCUT2D eigenvalue weighted by Crippen LogP contribution is 2.27. The van der Waals surface area contributed by atoms with Crippen molar-refractivity contribution in [1.82, 2.24) is 24.5 Å². The first-order valence-corrected chi connectivity index (χ1v) is 12.7. The van der Waals surface area contributed by atoms with E-state index in [1.165, 1.54) is 11.8 Å². The van der Waals surface area contributed by atoms with Gasteiger partial charge in [0, 0.05) is 28.5 Å². The largest absolute Gasteiger partial charge is 0.372 e. The highest BCUT2D eigenvalue weighted by Gasteiger charge is 2.26. The molecule has 0 aliphatic carbocycles. The van der Waals surface area contributed by atoms with Crippen molar-refractivity contribution in [2.45, 2.75) is 31.2 Å². The molecule has 0 spiro atoms. The lowest BCUT2D eigenvalue weighted by molar-refractivity contribution is -0.140. The van der Waals surface area contributed by atoms with Crippen molar-refractivity contribution >= 4 is 50.1 Å². The van der Waals surface area contributed by atoms with Gasteiger partial charge in [0.15, 0.2) is 16.5 Å². The molecule has 1 aliphatic heterocycles. The molecule has 3 heterocycles. The van der Waals surface area contributed by atoms with Gasteiger partial charge in [0.2, 0.25) is 5.91 Å². The number of amides is 1. The molecule has 8 nitrogen and oxygen atoms in total. The van der Waals surface area contributed by atoms with Crippen LogP contribution in [0.5, 0.6) is 0 Å². The van der Waals surface area contributed by atoms with Crippen LogP contribution in [0.1, 0.15) is 13.8 Å². The van der Waals surface area contributed by atoms with E-state index in [1.807, 2.05) is 67.3 Å². The van der Waals surface area contributed by atoms with Gasteiger partial charge < -0.3 is 9.64 Å². The van der Waals surface area contributed by atoms with Crippen LogP contribution in [0.2, 0.25) is 0 Å². The summed E-state index contributed by atoms with van der Waals surface area (Å²) in [6.45, 7) is 5.07. The average molecular weight is 540 g/mol. The van der Waals surface area contributed by atoms with Crippen LogP contribution in [0.4, 0.5) is 0 Å². The molecule has 2 unspecified atom stereocenters. The van der Waals surface area contributed by atoms with E-state index in [4.69, 9.17) is 9.72 Å². The number of carbonyl (C=O) groups is 1. The van der Waals surface area contributed by atoms with Gasteiger partial charge in [-0.25, -0.2) is 4.98 Å². The van der Waals surface area contributed by atoms with Crippen LogP contribution < -0.4 is 5.56 Å². The zero-order chi connectivity index (χ0) is 23.8. The topological polar surface area (TPSA) is 89.7 Å². The highest BCUT2D eigenvalue weighted by atomic mass is 79.9. The van der Waals surface area contributed by atoms with Crippen LogP contribution in [0.25, 0.3) is 27.8 Å². The fraction of sp³-hybridized carbons (Fsp3) is 0.292. The Bertz CT molecular complexity index is 1440. The maximum absolute atomic E-state index is 13.0. The number of thioether (sulfide) groups is 1. The summed E-state index contributed by atoms with van der Waals surface area (Å²) in [6, 6.07) is 14.8. The molecule has 1 amide bonds. The molecule has 4 aromatic rings. The summed E-state index contributed by atoms with van der Waals surface area (Å²) in [7, 11) is 0. The first-order valence-electron chi connectivity index (χ1n) is 10.9. The van der Waals surface area contributed by atoms with Crippen molar-refractivity contribution in [3.05, 3.63) is 63.4 Å². The van der Waals surface area contributed by atoms with Gasteiger partial charge in [-0.15, -0.1) is 0 Å². The smallest absolute Gasteiger partial charge is 0.300 e. The fourth-order valence-corrected chi connectivity index (χ4v) is 5.31. The number of nitrogens with zero attached hydrogens (tertiary/aromatic N) is 5. The Morgan fingerprint density at radius 2 is 1.85 bits per heavy atom. The van der Waals surface area contributed by atoms with Crippen LogP contribution in [-0.4, -0.2) is 61.4 Å². The number of morpholine rings is 1. The number of halogens is 1. The summed E-state index contributed by atoms with van der Waals surface area (Å²) in [5, 5.41) is 5.83. The molecule has 5 rings (SSSR count). The predicted octanol–water partition coefficient (Wildman–Crippen LogP) is 3.80. The van der Waals surface area contributed by atoms with Gasteiger partial charge >= 0.3 is 0 Å². The monoisotopic (exact) mass is 539 g/mol. The molecule has 1 aliphatic rings. The van der Waals surface area contributed by atoms with Crippen molar-refractivity contribution in [2.24, 2.45) is 0 Å². The molecule has 1 fully saturated rings. The summed E-state index contributed by atoms with van der Waals surface area (Å²) in [5.41, 5.74) is 1.57. The normalized spacial score (nSPS) is 18.5. The molecule has 174 valence electrons. The number of rotatable bonds is 4.